The molecule has 3 amide bonds. The van der Waals surface area contributed by atoms with Crippen LogP contribution in [0, 0.1) is 34.0 Å². The first-order chi connectivity index (χ1) is 16.5. The van der Waals surface area contributed by atoms with Gasteiger partial charge >= 0.3 is 12.1 Å². The van der Waals surface area contributed by atoms with E-state index in [1.165, 1.54) is 37.9 Å². The molecule has 1 unspecified atom stereocenters. The number of aromatic nitrogens is 1. The van der Waals surface area contributed by atoms with E-state index in [9.17, 15) is 37.6 Å². The molecule has 1 aromatic heterocycles. The molecule has 196 valence electrons. The number of carbonyl (C=O) groups is 3. The van der Waals surface area contributed by atoms with Crippen molar-refractivity contribution in [1.82, 2.24) is 20.5 Å². The Morgan fingerprint density at radius 2 is 1.89 bits per heavy atom. The molecule has 0 spiro atoms. The number of H-pyrrole nitrogens is 1. The number of likely N-dealkylation sites (tertiary alicyclic amines) is 1. The number of fused-ring (bicyclic) bond motifs is 1. The number of carbonyl (C=O) groups excluding carboxylic acids is 3. The Bertz CT molecular complexity index is 1150. The zero-order valence-electron chi connectivity index (χ0n) is 20.7. The van der Waals surface area contributed by atoms with E-state index >= 15 is 0 Å². The van der Waals surface area contributed by atoms with Crippen LogP contribution in [0.25, 0.3) is 0 Å². The first-order valence-electron chi connectivity index (χ1n) is 11.5. The SMILES string of the molecule is CC(C)(C)[C@H](NC(=O)C(F)(F)F)C(=O)N1C[C@H]2[C@H]([C@H]1C(=O)NC(C#N)Cc1ccc[nH]c1=O)C2(C)C. The number of hydrogen-bond donors (Lipinski definition) is 3. The maximum Gasteiger partial charge on any atom is 0.471 e. The molecule has 2 fully saturated rings. The second kappa shape index (κ2) is 9.26. The van der Waals surface area contributed by atoms with Crippen LogP contribution in [0.15, 0.2) is 23.1 Å². The summed E-state index contributed by atoms with van der Waals surface area (Å²) in [5, 5.41) is 14.0. The highest BCUT2D eigenvalue weighted by molar-refractivity contribution is 5.95. The zero-order chi connectivity index (χ0) is 27.2. The maximum absolute atomic E-state index is 13.5. The molecule has 1 aromatic rings. The molecule has 36 heavy (non-hydrogen) atoms. The van der Waals surface area contributed by atoms with E-state index < -0.39 is 53.0 Å². The van der Waals surface area contributed by atoms with E-state index in [0.29, 0.717) is 0 Å². The fourth-order valence-electron chi connectivity index (χ4n) is 5.06. The Morgan fingerprint density at radius 3 is 2.42 bits per heavy atom. The molecule has 1 saturated heterocycles. The van der Waals surface area contributed by atoms with Gasteiger partial charge < -0.3 is 20.5 Å². The Morgan fingerprint density at radius 1 is 1.25 bits per heavy atom. The number of hydrogen-bond acceptors (Lipinski definition) is 5. The number of piperidine rings is 1. The lowest BCUT2D eigenvalue weighted by Crippen LogP contribution is -2.61. The van der Waals surface area contributed by atoms with E-state index in [1.54, 1.807) is 11.4 Å². The van der Waals surface area contributed by atoms with Crippen molar-refractivity contribution in [3.05, 3.63) is 34.2 Å². The molecular formula is C24H30F3N5O4. The van der Waals surface area contributed by atoms with Crippen molar-refractivity contribution < 1.29 is 27.6 Å². The Balaban J connectivity index is 1.85. The Kier molecular flexibility index (Phi) is 7.00. The molecule has 0 bridgehead atoms. The summed E-state index contributed by atoms with van der Waals surface area (Å²) >= 11 is 0. The lowest BCUT2D eigenvalue weighted by Gasteiger charge is -2.37. The first kappa shape index (κ1) is 27.2. The third-order valence-corrected chi connectivity index (χ3v) is 7.20. The van der Waals surface area contributed by atoms with Gasteiger partial charge in [0, 0.05) is 24.7 Å². The van der Waals surface area contributed by atoms with Crippen LogP contribution >= 0.6 is 0 Å². The molecule has 5 atom stereocenters. The third kappa shape index (κ3) is 5.24. The molecular weight excluding hydrogens is 479 g/mol. The summed E-state index contributed by atoms with van der Waals surface area (Å²) in [6, 6.07) is 1.43. The second-order valence-electron chi connectivity index (χ2n) is 11.1. The number of nitrogens with zero attached hydrogens (tertiary/aromatic N) is 2. The highest BCUT2D eigenvalue weighted by Crippen LogP contribution is 2.65. The fraction of sp³-hybridized carbons (Fsp3) is 0.625. The number of nitriles is 1. The van der Waals surface area contributed by atoms with Gasteiger partial charge in [-0.3, -0.25) is 19.2 Å². The summed E-state index contributed by atoms with van der Waals surface area (Å²) in [6.07, 6.45) is -3.81. The lowest BCUT2D eigenvalue weighted by atomic mass is 9.85. The summed E-state index contributed by atoms with van der Waals surface area (Å²) in [5.41, 5.74) is -1.48. The van der Waals surface area contributed by atoms with Crippen LogP contribution in [-0.2, 0) is 20.8 Å². The van der Waals surface area contributed by atoms with Crippen LogP contribution < -0.4 is 16.2 Å². The van der Waals surface area contributed by atoms with Gasteiger partial charge in [0.05, 0.1) is 6.07 Å². The first-order valence-corrected chi connectivity index (χ1v) is 11.5. The molecule has 3 N–H and O–H groups in total. The number of pyridine rings is 1. The fourth-order valence-corrected chi connectivity index (χ4v) is 5.06. The molecule has 2 heterocycles. The van der Waals surface area contributed by atoms with Crippen LogP contribution in [0.5, 0.6) is 0 Å². The average Bonchev–Trinajstić information content (AvgIpc) is 3.09. The van der Waals surface area contributed by atoms with Gasteiger partial charge in [0.1, 0.15) is 18.1 Å². The van der Waals surface area contributed by atoms with Gasteiger partial charge in [-0.2, -0.15) is 18.4 Å². The van der Waals surface area contributed by atoms with Gasteiger partial charge in [0.2, 0.25) is 11.8 Å². The van der Waals surface area contributed by atoms with E-state index in [4.69, 9.17) is 0 Å². The quantitative estimate of drug-likeness (QED) is 0.534. The van der Waals surface area contributed by atoms with Gasteiger partial charge in [-0.1, -0.05) is 40.7 Å². The molecule has 1 aliphatic carbocycles. The molecule has 0 radical (unpaired) electrons. The van der Waals surface area contributed by atoms with Gasteiger partial charge in [-0.05, 0) is 28.7 Å². The van der Waals surface area contributed by atoms with Crippen LogP contribution in [0.3, 0.4) is 0 Å². The number of amides is 3. The van der Waals surface area contributed by atoms with E-state index in [0.717, 1.165) is 0 Å². The molecule has 9 nitrogen and oxygen atoms in total. The molecule has 1 aliphatic heterocycles. The number of halogens is 3. The molecule has 0 aromatic carbocycles. The van der Waals surface area contributed by atoms with Crippen molar-refractivity contribution in [3.8, 4) is 6.07 Å². The highest BCUT2D eigenvalue weighted by atomic mass is 19.4. The summed E-state index contributed by atoms with van der Waals surface area (Å²) in [7, 11) is 0. The second-order valence-corrected chi connectivity index (χ2v) is 11.1. The van der Waals surface area contributed by atoms with Crippen molar-refractivity contribution >= 4 is 17.7 Å². The van der Waals surface area contributed by atoms with Crippen molar-refractivity contribution in [3.63, 3.8) is 0 Å². The van der Waals surface area contributed by atoms with Crippen LogP contribution in [0.4, 0.5) is 13.2 Å². The predicted molar refractivity (Wildman–Crippen MR) is 122 cm³/mol. The minimum absolute atomic E-state index is 0.0614. The van der Waals surface area contributed by atoms with E-state index in [-0.39, 0.29) is 35.8 Å². The van der Waals surface area contributed by atoms with Gasteiger partial charge in [-0.15, -0.1) is 0 Å². The monoisotopic (exact) mass is 509 g/mol. The van der Waals surface area contributed by atoms with Crippen LogP contribution in [0.2, 0.25) is 0 Å². The van der Waals surface area contributed by atoms with Gasteiger partial charge in [0.15, 0.2) is 0 Å². The number of nitrogens with one attached hydrogen (secondary N) is 3. The van der Waals surface area contributed by atoms with Crippen molar-refractivity contribution in [2.24, 2.45) is 22.7 Å². The average molecular weight is 510 g/mol. The molecule has 12 heteroatoms. The lowest BCUT2D eigenvalue weighted by molar-refractivity contribution is -0.176. The summed E-state index contributed by atoms with van der Waals surface area (Å²) in [5.74, 6) is -3.99. The molecule has 1 saturated carbocycles. The maximum atomic E-state index is 13.5. The smallest absolute Gasteiger partial charge is 0.338 e. The molecule has 2 aliphatic rings. The third-order valence-electron chi connectivity index (χ3n) is 7.20. The van der Waals surface area contributed by atoms with Crippen molar-refractivity contribution in [2.45, 2.75) is 65.3 Å². The predicted octanol–water partition coefficient (Wildman–Crippen LogP) is 1.50. The summed E-state index contributed by atoms with van der Waals surface area (Å²) in [6.45, 7) is 8.56. The minimum atomic E-state index is -5.18. The standard InChI is InChI=1S/C24H30F3N5O4/c1-22(2,3)17(31-21(36)24(25,26)27)20(35)32-11-14-15(23(14,4)5)16(32)19(34)30-13(10-28)9-12-7-6-8-29-18(12)33/h6-8,13-17H,9,11H2,1-5H3,(H,29,33)(H,30,34)(H,31,36)/t13?,14-,15+,16-,17+/m0/s1. The van der Waals surface area contributed by atoms with Crippen LogP contribution in [-0.4, -0.2) is 58.5 Å². The summed E-state index contributed by atoms with van der Waals surface area (Å²) < 4.78 is 38.8. The van der Waals surface area contributed by atoms with Crippen molar-refractivity contribution in [2.75, 3.05) is 6.54 Å². The van der Waals surface area contributed by atoms with E-state index in [1.807, 2.05) is 19.9 Å². The number of aromatic amines is 1. The largest absolute Gasteiger partial charge is 0.471 e. The zero-order valence-corrected chi connectivity index (χ0v) is 20.7. The Labute approximate surface area is 206 Å². The van der Waals surface area contributed by atoms with Crippen LogP contribution in [0.1, 0.15) is 40.2 Å². The van der Waals surface area contributed by atoms with Crippen molar-refractivity contribution in [1.29, 1.82) is 5.26 Å². The highest BCUT2D eigenvalue weighted by Gasteiger charge is 2.70. The van der Waals surface area contributed by atoms with E-state index in [2.05, 4.69) is 10.3 Å². The summed E-state index contributed by atoms with van der Waals surface area (Å²) in [4.78, 5) is 54.2. The molecule has 3 rings (SSSR count). The van der Waals surface area contributed by atoms with Gasteiger partial charge in [0.25, 0.3) is 5.56 Å². The Hall–Kier alpha value is -3.36. The topological polar surface area (TPSA) is 135 Å². The minimum Gasteiger partial charge on any atom is -0.338 e. The number of rotatable bonds is 6. The normalized spacial score (nSPS) is 24.2. The van der Waals surface area contributed by atoms with Gasteiger partial charge in [-0.25, -0.2) is 0 Å². The number of alkyl halides is 3.